The number of furan rings is 1. The predicted molar refractivity (Wildman–Crippen MR) is 92.1 cm³/mol. The Kier molecular flexibility index (Phi) is 4.55. The topological polar surface area (TPSA) is 67.6 Å². The highest BCUT2D eigenvalue weighted by Gasteiger charge is 2.44. The van der Waals surface area contributed by atoms with Crippen molar-refractivity contribution < 1.29 is 13.9 Å². The lowest BCUT2D eigenvalue weighted by Crippen LogP contribution is -2.47. The molecule has 3 atom stereocenters. The average molecular weight is 341 g/mol. The Morgan fingerprint density at radius 3 is 3.08 bits per heavy atom. The normalized spacial score (nSPS) is 26.4. The van der Waals surface area contributed by atoms with Gasteiger partial charge in [-0.25, -0.2) is 0 Å². The SMILES string of the molecule is Cc1ccc(CN2C[C@H](NC(=O)c3cccnc3)[C@@H]3OCCC[C@@H]32)o1. The Labute approximate surface area is 147 Å². The molecule has 4 heterocycles. The first-order chi connectivity index (χ1) is 12.2. The van der Waals surface area contributed by atoms with Gasteiger partial charge in [-0.3, -0.25) is 14.7 Å². The third-order valence-electron chi connectivity index (χ3n) is 5.03. The Bertz CT molecular complexity index is 731. The summed E-state index contributed by atoms with van der Waals surface area (Å²) >= 11 is 0. The summed E-state index contributed by atoms with van der Waals surface area (Å²) in [5.41, 5.74) is 0.579. The van der Waals surface area contributed by atoms with E-state index in [0.29, 0.717) is 11.6 Å². The largest absolute Gasteiger partial charge is 0.465 e. The van der Waals surface area contributed by atoms with E-state index in [-0.39, 0.29) is 18.1 Å². The summed E-state index contributed by atoms with van der Waals surface area (Å²) in [6.07, 6.45) is 5.43. The minimum absolute atomic E-state index is 0.0194. The second-order valence-electron chi connectivity index (χ2n) is 6.81. The lowest BCUT2D eigenvalue weighted by molar-refractivity contribution is -0.0219. The van der Waals surface area contributed by atoms with Gasteiger partial charge in [0.1, 0.15) is 11.5 Å². The number of nitrogens with zero attached hydrogens (tertiary/aromatic N) is 2. The minimum atomic E-state index is -0.0956. The lowest BCUT2D eigenvalue weighted by atomic mass is 10.0. The maximum atomic E-state index is 12.5. The molecular weight excluding hydrogens is 318 g/mol. The number of aromatic nitrogens is 1. The molecule has 0 aromatic carbocycles. The number of fused-ring (bicyclic) bond motifs is 1. The molecule has 0 radical (unpaired) electrons. The van der Waals surface area contributed by atoms with Crippen LogP contribution in [0.3, 0.4) is 0 Å². The third-order valence-corrected chi connectivity index (χ3v) is 5.03. The van der Waals surface area contributed by atoms with E-state index < -0.39 is 0 Å². The Morgan fingerprint density at radius 1 is 1.40 bits per heavy atom. The summed E-state index contributed by atoms with van der Waals surface area (Å²) in [7, 11) is 0. The van der Waals surface area contributed by atoms with Crippen LogP contribution in [0, 0.1) is 6.92 Å². The number of amides is 1. The van der Waals surface area contributed by atoms with Crippen molar-refractivity contribution in [2.45, 2.75) is 44.5 Å². The molecule has 2 saturated heterocycles. The highest BCUT2D eigenvalue weighted by Crippen LogP contribution is 2.30. The van der Waals surface area contributed by atoms with Gasteiger partial charge in [-0.1, -0.05) is 0 Å². The van der Waals surface area contributed by atoms with E-state index in [0.717, 1.165) is 44.1 Å². The first-order valence-corrected chi connectivity index (χ1v) is 8.82. The van der Waals surface area contributed by atoms with Gasteiger partial charge in [-0.05, 0) is 44.0 Å². The fourth-order valence-electron chi connectivity index (χ4n) is 3.88. The number of aryl methyl sites for hydroxylation is 1. The summed E-state index contributed by atoms with van der Waals surface area (Å²) < 4.78 is 11.8. The van der Waals surface area contributed by atoms with Crippen LogP contribution in [-0.2, 0) is 11.3 Å². The number of pyridine rings is 1. The summed E-state index contributed by atoms with van der Waals surface area (Å²) in [6, 6.07) is 7.86. The van der Waals surface area contributed by atoms with Crippen molar-refractivity contribution in [3.63, 3.8) is 0 Å². The van der Waals surface area contributed by atoms with Crippen molar-refractivity contribution in [1.82, 2.24) is 15.2 Å². The van der Waals surface area contributed by atoms with Crippen molar-refractivity contribution in [3.8, 4) is 0 Å². The van der Waals surface area contributed by atoms with Crippen molar-refractivity contribution in [3.05, 3.63) is 53.7 Å². The number of hydrogen-bond donors (Lipinski definition) is 1. The van der Waals surface area contributed by atoms with Crippen molar-refractivity contribution >= 4 is 5.91 Å². The van der Waals surface area contributed by atoms with E-state index in [4.69, 9.17) is 9.15 Å². The Balaban J connectivity index is 1.47. The smallest absolute Gasteiger partial charge is 0.253 e. The molecule has 2 aliphatic rings. The van der Waals surface area contributed by atoms with Crippen LogP contribution in [0.15, 0.2) is 41.1 Å². The summed E-state index contributed by atoms with van der Waals surface area (Å²) in [4.78, 5) is 18.9. The molecule has 2 aromatic rings. The monoisotopic (exact) mass is 341 g/mol. The maximum absolute atomic E-state index is 12.5. The van der Waals surface area contributed by atoms with Gasteiger partial charge in [-0.2, -0.15) is 0 Å². The first-order valence-electron chi connectivity index (χ1n) is 8.82. The van der Waals surface area contributed by atoms with Crippen LogP contribution in [-0.4, -0.2) is 47.1 Å². The van der Waals surface area contributed by atoms with E-state index in [2.05, 4.69) is 15.2 Å². The number of carbonyl (C=O) groups is 1. The molecule has 2 fully saturated rings. The van der Waals surface area contributed by atoms with Gasteiger partial charge in [-0.15, -0.1) is 0 Å². The molecule has 1 amide bonds. The van der Waals surface area contributed by atoms with Gasteiger partial charge in [0.25, 0.3) is 5.91 Å². The molecule has 6 nitrogen and oxygen atoms in total. The van der Waals surface area contributed by atoms with Crippen LogP contribution >= 0.6 is 0 Å². The predicted octanol–water partition coefficient (Wildman–Crippen LogP) is 2.14. The molecule has 25 heavy (non-hydrogen) atoms. The van der Waals surface area contributed by atoms with Gasteiger partial charge in [0.05, 0.1) is 24.3 Å². The highest BCUT2D eigenvalue weighted by molar-refractivity contribution is 5.94. The van der Waals surface area contributed by atoms with Gasteiger partial charge < -0.3 is 14.5 Å². The minimum Gasteiger partial charge on any atom is -0.465 e. The Morgan fingerprint density at radius 2 is 2.32 bits per heavy atom. The molecule has 0 unspecified atom stereocenters. The van der Waals surface area contributed by atoms with Crippen molar-refractivity contribution in [1.29, 1.82) is 0 Å². The van der Waals surface area contributed by atoms with Crippen LogP contribution in [0.25, 0.3) is 0 Å². The van der Waals surface area contributed by atoms with E-state index in [1.165, 1.54) is 0 Å². The lowest BCUT2D eigenvalue weighted by Gasteiger charge is -2.32. The molecular formula is C19H23N3O3. The van der Waals surface area contributed by atoms with Crippen molar-refractivity contribution in [2.24, 2.45) is 0 Å². The number of rotatable bonds is 4. The summed E-state index contributed by atoms with van der Waals surface area (Å²) in [5, 5.41) is 3.14. The van der Waals surface area contributed by atoms with Crippen LogP contribution in [0.2, 0.25) is 0 Å². The summed E-state index contributed by atoms with van der Waals surface area (Å²) in [6.45, 7) is 4.23. The molecule has 0 saturated carbocycles. The molecule has 0 bridgehead atoms. The average Bonchev–Trinajstić information content (AvgIpc) is 3.20. The fourth-order valence-corrected chi connectivity index (χ4v) is 3.88. The number of carbonyl (C=O) groups excluding carboxylic acids is 1. The van der Waals surface area contributed by atoms with Crippen LogP contribution in [0.4, 0.5) is 0 Å². The molecule has 0 spiro atoms. The molecule has 2 aliphatic heterocycles. The van der Waals surface area contributed by atoms with E-state index >= 15 is 0 Å². The first kappa shape index (κ1) is 16.3. The second-order valence-corrected chi connectivity index (χ2v) is 6.81. The zero-order valence-corrected chi connectivity index (χ0v) is 14.4. The van der Waals surface area contributed by atoms with E-state index in [1.54, 1.807) is 24.5 Å². The van der Waals surface area contributed by atoms with Crippen LogP contribution in [0.1, 0.15) is 34.7 Å². The van der Waals surface area contributed by atoms with Gasteiger partial charge in [0.2, 0.25) is 0 Å². The summed E-state index contributed by atoms with van der Waals surface area (Å²) in [5.74, 6) is 1.79. The Hall–Kier alpha value is -2.18. The molecule has 1 N–H and O–H groups in total. The molecule has 6 heteroatoms. The maximum Gasteiger partial charge on any atom is 0.253 e. The quantitative estimate of drug-likeness (QED) is 0.923. The number of hydrogen-bond acceptors (Lipinski definition) is 5. The van der Waals surface area contributed by atoms with E-state index in [9.17, 15) is 4.79 Å². The second kappa shape index (κ2) is 6.98. The van der Waals surface area contributed by atoms with Crippen molar-refractivity contribution in [2.75, 3.05) is 13.2 Å². The number of nitrogens with one attached hydrogen (secondary N) is 1. The number of ether oxygens (including phenoxy) is 1. The zero-order chi connectivity index (χ0) is 17.2. The van der Waals surface area contributed by atoms with Gasteiger partial charge in [0.15, 0.2) is 0 Å². The molecule has 132 valence electrons. The van der Waals surface area contributed by atoms with E-state index in [1.807, 2.05) is 19.1 Å². The van der Waals surface area contributed by atoms with Crippen LogP contribution in [0.5, 0.6) is 0 Å². The van der Waals surface area contributed by atoms with Gasteiger partial charge >= 0.3 is 0 Å². The highest BCUT2D eigenvalue weighted by atomic mass is 16.5. The zero-order valence-electron chi connectivity index (χ0n) is 14.4. The molecule has 4 rings (SSSR count). The van der Waals surface area contributed by atoms with Gasteiger partial charge in [0, 0.05) is 31.6 Å². The van der Waals surface area contributed by atoms with Crippen LogP contribution < -0.4 is 5.32 Å². The molecule has 0 aliphatic carbocycles. The fraction of sp³-hybridized carbons (Fsp3) is 0.474. The standard InChI is InChI=1S/C19H23N3O3/c1-13-6-7-15(25-13)11-22-12-16(18-17(22)5-3-9-24-18)21-19(23)14-4-2-8-20-10-14/h2,4,6-8,10,16-18H,3,5,9,11-12H2,1H3,(H,21,23)/t16-,17-,18-/m0/s1. The third kappa shape index (κ3) is 3.45. The number of likely N-dealkylation sites (tertiary alicyclic amines) is 1. The molecule has 2 aromatic heterocycles.